The minimum atomic E-state index is -0.237. The summed E-state index contributed by atoms with van der Waals surface area (Å²) in [5.41, 5.74) is 1.31. The van der Waals surface area contributed by atoms with E-state index < -0.39 is 0 Å². The molecule has 0 radical (unpaired) electrons. The third kappa shape index (κ3) is 3.69. The van der Waals surface area contributed by atoms with Crippen LogP contribution in [0, 0.1) is 0 Å². The zero-order chi connectivity index (χ0) is 18.8. The van der Waals surface area contributed by atoms with Crippen molar-refractivity contribution in [2.75, 3.05) is 19.1 Å². The van der Waals surface area contributed by atoms with Crippen molar-refractivity contribution in [2.24, 2.45) is 0 Å². The molecule has 1 amide bonds. The van der Waals surface area contributed by atoms with Gasteiger partial charge in [-0.05, 0) is 42.0 Å². The largest absolute Gasteiger partial charge is 0.493 e. The predicted octanol–water partition coefficient (Wildman–Crippen LogP) is 5.42. The zero-order valence-corrected chi connectivity index (χ0v) is 16.9. The Morgan fingerprint density at radius 1 is 1.08 bits per heavy atom. The number of amides is 1. The molecule has 0 atom stereocenters. The molecule has 0 aliphatic carbocycles. The maximum atomic E-state index is 12.8. The Balaban J connectivity index is 1.95. The fourth-order valence-corrected chi connectivity index (χ4v) is 4.21. The lowest BCUT2D eigenvalue weighted by molar-refractivity contribution is -0.113. The van der Waals surface area contributed by atoms with Crippen LogP contribution >= 0.6 is 47.2 Å². The summed E-state index contributed by atoms with van der Waals surface area (Å²) >= 11 is 18.7. The Hall–Kier alpha value is -1.73. The number of hydrogen-bond donors (Lipinski definition) is 0. The molecule has 134 valence electrons. The first-order valence-corrected chi connectivity index (χ1v) is 9.37. The Morgan fingerprint density at radius 2 is 1.81 bits per heavy atom. The van der Waals surface area contributed by atoms with Crippen molar-refractivity contribution >= 4 is 69.2 Å². The number of methoxy groups -OCH3 is 2. The van der Waals surface area contributed by atoms with Gasteiger partial charge in [0.2, 0.25) is 0 Å². The average Bonchev–Trinajstić information content (AvgIpc) is 2.89. The van der Waals surface area contributed by atoms with Gasteiger partial charge in [-0.3, -0.25) is 9.69 Å². The summed E-state index contributed by atoms with van der Waals surface area (Å²) in [7, 11) is 3.13. The number of thiocarbonyl (C=S) groups is 1. The number of nitrogens with zero attached hydrogens (tertiary/aromatic N) is 1. The molecule has 0 bridgehead atoms. The van der Waals surface area contributed by atoms with Crippen molar-refractivity contribution < 1.29 is 14.3 Å². The summed E-state index contributed by atoms with van der Waals surface area (Å²) in [6.07, 6.45) is 1.76. The standard InChI is InChI=1S/C18H13Cl2NO3S2/c1-23-14-6-3-10(7-15(14)24-2)8-16-17(22)21(18(25)26-16)13-5-4-11(19)9-12(13)20/h3-9H,1-2H3/b16-8-. The molecule has 1 aliphatic heterocycles. The maximum absolute atomic E-state index is 12.8. The summed E-state index contributed by atoms with van der Waals surface area (Å²) in [5.74, 6) is 0.960. The third-order valence-electron chi connectivity index (χ3n) is 3.65. The monoisotopic (exact) mass is 425 g/mol. The molecule has 0 saturated carbocycles. The van der Waals surface area contributed by atoms with E-state index in [4.69, 9.17) is 44.9 Å². The zero-order valence-electron chi connectivity index (χ0n) is 13.8. The van der Waals surface area contributed by atoms with Crippen LogP contribution in [-0.2, 0) is 4.79 Å². The highest BCUT2D eigenvalue weighted by atomic mass is 35.5. The molecule has 8 heteroatoms. The Labute approximate surface area is 170 Å². The highest BCUT2D eigenvalue weighted by Gasteiger charge is 2.34. The lowest BCUT2D eigenvalue weighted by Gasteiger charge is -2.16. The molecule has 1 aliphatic rings. The Morgan fingerprint density at radius 3 is 2.46 bits per heavy atom. The van der Waals surface area contributed by atoms with Crippen LogP contribution in [0.25, 0.3) is 6.08 Å². The van der Waals surface area contributed by atoms with Crippen molar-refractivity contribution in [1.82, 2.24) is 0 Å². The Bertz CT molecular complexity index is 931. The van der Waals surface area contributed by atoms with E-state index in [0.29, 0.717) is 36.5 Å². The number of thioether (sulfide) groups is 1. The fraction of sp³-hybridized carbons (Fsp3) is 0.111. The van der Waals surface area contributed by atoms with Crippen molar-refractivity contribution in [3.05, 3.63) is 56.9 Å². The number of carbonyl (C=O) groups excluding carboxylic acids is 1. The van der Waals surface area contributed by atoms with Crippen molar-refractivity contribution in [1.29, 1.82) is 0 Å². The van der Waals surface area contributed by atoms with E-state index in [9.17, 15) is 4.79 Å². The van der Waals surface area contributed by atoms with Gasteiger partial charge >= 0.3 is 0 Å². The highest BCUT2D eigenvalue weighted by molar-refractivity contribution is 8.27. The van der Waals surface area contributed by atoms with E-state index in [0.717, 1.165) is 5.56 Å². The molecular weight excluding hydrogens is 413 g/mol. The molecule has 0 aromatic heterocycles. The van der Waals surface area contributed by atoms with Crippen molar-refractivity contribution in [3.8, 4) is 11.5 Å². The summed E-state index contributed by atoms with van der Waals surface area (Å²) < 4.78 is 10.9. The van der Waals surface area contributed by atoms with Crippen LogP contribution in [0.3, 0.4) is 0 Å². The van der Waals surface area contributed by atoms with E-state index in [-0.39, 0.29) is 5.91 Å². The number of benzene rings is 2. The quantitative estimate of drug-likeness (QED) is 0.483. The number of hydrogen-bond acceptors (Lipinski definition) is 5. The first-order chi connectivity index (χ1) is 12.4. The van der Waals surface area contributed by atoms with E-state index >= 15 is 0 Å². The molecule has 1 heterocycles. The smallest absolute Gasteiger partial charge is 0.270 e. The summed E-state index contributed by atoms with van der Waals surface area (Å²) in [6, 6.07) is 10.3. The second kappa shape index (κ2) is 7.88. The fourth-order valence-electron chi connectivity index (χ4n) is 2.43. The summed E-state index contributed by atoms with van der Waals surface area (Å²) in [6.45, 7) is 0. The third-order valence-corrected chi connectivity index (χ3v) is 5.49. The van der Waals surface area contributed by atoms with Gasteiger partial charge in [-0.2, -0.15) is 0 Å². The van der Waals surface area contributed by atoms with Crippen molar-refractivity contribution in [2.45, 2.75) is 0 Å². The maximum Gasteiger partial charge on any atom is 0.270 e. The van der Waals surface area contributed by atoms with Gasteiger partial charge < -0.3 is 9.47 Å². The minimum Gasteiger partial charge on any atom is -0.493 e. The lowest BCUT2D eigenvalue weighted by atomic mass is 10.2. The number of carbonyl (C=O) groups is 1. The summed E-state index contributed by atoms with van der Waals surface area (Å²) in [5, 5.41) is 0.853. The first kappa shape index (κ1) is 19.0. The van der Waals surface area contributed by atoms with Gasteiger partial charge in [0.05, 0.1) is 29.8 Å². The van der Waals surface area contributed by atoms with Crippen LogP contribution in [0.1, 0.15) is 5.56 Å². The number of ether oxygens (including phenoxy) is 2. The molecule has 3 rings (SSSR count). The topological polar surface area (TPSA) is 38.8 Å². The lowest BCUT2D eigenvalue weighted by Crippen LogP contribution is -2.27. The molecule has 4 nitrogen and oxygen atoms in total. The SMILES string of the molecule is COc1ccc(/C=C2\SC(=S)N(c3ccc(Cl)cc3Cl)C2=O)cc1OC. The first-order valence-electron chi connectivity index (χ1n) is 7.39. The van der Waals surface area contributed by atoms with Crippen LogP contribution in [-0.4, -0.2) is 24.4 Å². The van der Waals surface area contributed by atoms with Gasteiger partial charge in [-0.25, -0.2) is 0 Å². The average molecular weight is 426 g/mol. The van der Waals surface area contributed by atoms with Crippen LogP contribution in [0.15, 0.2) is 41.3 Å². The van der Waals surface area contributed by atoms with Crippen molar-refractivity contribution in [3.63, 3.8) is 0 Å². The highest BCUT2D eigenvalue weighted by Crippen LogP contribution is 2.40. The summed E-state index contributed by atoms with van der Waals surface area (Å²) in [4.78, 5) is 14.7. The van der Waals surface area contributed by atoms with Crippen LogP contribution in [0.4, 0.5) is 5.69 Å². The van der Waals surface area contributed by atoms with Gasteiger partial charge in [-0.15, -0.1) is 0 Å². The molecule has 1 saturated heterocycles. The number of halogens is 2. The predicted molar refractivity (Wildman–Crippen MR) is 112 cm³/mol. The second-order valence-electron chi connectivity index (χ2n) is 5.23. The molecule has 0 spiro atoms. The van der Waals surface area contributed by atoms with Gasteiger partial charge in [0, 0.05) is 5.02 Å². The Kier molecular flexibility index (Phi) is 5.77. The van der Waals surface area contributed by atoms with E-state index in [1.54, 1.807) is 50.6 Å². The van der Waals surface area contributed by atoms with Gasteiger partial charge in [-0.1, -0.05) is 53.2 Å². The minimum absolute atomic E-state index is 0.237. The molecule has 0 N–H and O–H groups in total. The van der Waals surface area contributed by atoms with Crippen LogP contribution in [0.5, 0.6) is 11.5 Å². The van der Waals surface area contributed by atoms with E-state index in [2.05, 4.69) is 0 Å². The van der Waals surface area contributed by atoms with Crippen LogP contribution < -0.4 is 14.4 Å². The number of rotatable bonds is 4. The van der Waals surface area contributed by atoms with Gasteiger partial charge in [0.15, 0.2) is 15.8 Å². The molecule has 1 fully saturated rings. The molecule has 26 heavy (non-hydrogen) atoms. The second-order valence-corrected chi connectivity index (χ2v) is 7.75. The van der Waals surface area contributed by atoms with Gasteiger partial charge in [0.25, 0.3) is 5.91 Å². The molecule has 0 unspecified atom stereocenters. The molecule has 2 aromatic carbocycles. The van der Waals surface area contributed by atoms with E-state index in [1.165, 1.54) is 16.7 Å². The van der Waals surface area contributed by atoms with Crippen LogP contribution in [0.2, 0.25) is 10.0 Å². The number of anilines is 1. The molecule has 2 aromatic rings. The van der Waals surface area contributed by atoms with Gasteiger partial charge in [0.1, 0.15) is 0 Å². The molecular formula is C18H13Cl2NO3S2. The normalized spacial score (nSPS) is 15.7. The van der Waals surface area contributed by atoms with E-state index in [1.807, 2.05) is 6.07 Å².